The van der Waals surface area contributed by atoms with Gasteiger partial charge in [-0.05, 0) is 51.0 Å². The number of fused-ring (bicyclic) bond motifs is 1. The molecule has 0 aromatic carbocycles. The molecule has 0 aromatic heterocycles. The first-order valence-corrected chi connectivity index (χ1v) is 7.88. The largest absolute Gasteiger partial charge is 0.381 e. The van der Waals surface area contributed by atoms with Crippen LogP contribution in [0.2, 0.25) is 0 Å². The van der Waals surface area contributed by atoms with Gasteiger partial charge in [-0.15, -0.1) is 0 Å². The van der Waals surface area contributed by atoms with E-state index in [-0.39, 0.29) is 5.54 Å². The number of nitrogens with zero attached hydrogens (tertiary/aromatic N) is 1. The Morgan fingerprint density at radius 2 is 1.78 bits per heavy atom. The predicted molar refractivity (Wildman–Crippen MR) is 73.5 cm³/mol. The Labute approximate surface area is 111 Å². The molecule has 0 amide bonds. The molecule has 2 N–H and O–H groups in total. The third kappa shape index (κ3) is 2.73. The predicted octanol–water partition coefficient (Wildman–Crippen LogP) is 2.15. The van der Waals surface area contributed by atoms with Crippen molar-refractivity contribution in [3.63, 3.8) is 0 Å². The maximum absolute atomic E-state index is 6.59. The Balaban J connectivity index is 1.63. The molecule has 3 aliphatic rings. The first-order valence-electron chi connectivity index (χ1n) is 7.88. The van der Waals surface area contributed by atoms with Crippen LogP contribution in [-0.2, 0) is 4.74 Å². The summed E-state index contributed by atoms with van der Waals surface area (Å²) >= 11 is 0. The van der Waals surface area contributed by atoms with Crippen LogP contribution >= 0.6 is 0 Å². The minimum Gasteiger partial charge on any atom is -0.381 e. The van der Waals surface area contributed by atoms with Gasteiger partial charge in [0.2, 0.25) is 0 Å². The van der Waals surface area contributed by atoms with Gasteiger partial charge >= 0.3 is 0 Å². The standard InChI is InChI=1S/C15H28N2O/c16-15(7-10-18-11-8-15)12-17-9-3-5-13-4-1-2-6-14(13)17/h13-14H,1-12,16H2. The number of ether oxygens (including phenoxy) is 1. The molecule has 3 heteroatoms. The molecule has 2 aliphatic heterocycles. The highest BCUT2D eigenvalue weighted by atomic mass is 16.5. The fourth-order valence-corrected chi connectivity index (χ4v) is 4.26. The van der Waals surface area contributed by atoms with E-state index in [1.54, 1.807) is 0 Å². The van der Waals surface area contributed by atoms with Crippen LogP contribution in [-0.4, -0.2) is 42.8 Å². The van der Waals surface area contributed by atoms with Crippen LogP contribution < -0.4 is 5.73 Å². The number of hydrogen-bond acceptors (Lipinski definition) is 3. The van der Waals surface area contributed by atoms with Crippen LogP contribution in [0.25, 0.3) is 0 Å². The van der Waals surface area contributed by atoms with Crippen molar-refractivity contribution in [1.29, 1.82) is 0 Å². The van der Waals surface area contributed by atoms with Gasteiger partial charge in [0.15, 0.2) is 0 Å². The molecule has 1 saturated carbocycles. The molecule has 2 saturated heterocycles. The molecule has 0 aromatic rings. The molecule has 3 rings (SSSR count). The summed E-state index contributed by atoms with van der Waals surface area (Å²) in [6, 6.07) is 0.843. The summed E-state index contributed by atoms with van der Waals surface area (Å²) in [5, 5.41) is 0. The molecule has 0 spiro atoms. The molecule has 0 bridgehead atoms. The van der Waals surface area contributed by atoms with Crippen LogP contribution in [0.3, 0.4) is 0 Å². The van der Waals surface area contributed by atoms with Gasteiger partial charge in [-0.1, -0.05) is 12.8 Å². The quantitative estimate of drug-likeness (QED) is 0.818. The summed E-state index contributed by atoms with van der Waals surface area (Å²) in [6.45, 7) is 4.11. The topological polar surface area (TPSA) is 38.5 Å². The minimum absolute atomic E-state index is 0.0254. The van der Waals surface area contributed by atoms with Crippen LogP contribution in [0.1, 0.15) is 51.4 Å². The Bertz CT molecular complexity index is 274. The third-order valence-electron chi connectivity index (χ3n) is 5.36. The average molecular weight is 252 g/mol. The molecular weight excluding hydrogens is 224 g/mol. The van der Waals surface area contributed by atoms with E-state index in [0.29, 0.717) is 0 Å². The molecule has 2 atom stereocenters. The molecular formula is C15H28N2O. The molecule has 3 fully saturated rings. The van der Waals surface area contributed by atoms with E-state index in [1.807, 2.05) is 0 Å². The summed E-state index contributed by atoms with van der Waals surface area (Å²) in [6.07, 6.45) is 10.7. The molecule has 18 heavy (non-hydrogen) atoms. The van der Waals surface area contributed by atoms with Crippen LogP contribution in [0.4, 0.5) is 0 Å². The van der Waals surface area contributed by atoms with Crippen molar-refractivity contribution < 1.29 is 4.74 Å². The van der Waals surface area contributed by atoms with E-state index < -0.39 is 0 Å². The van der Waals surface area contributed by atoms with Gasteiger partial charge in [-0.25, -0.2) is 0 Å². The summed E-state index contributed by atoms with van der Waals surface area (Å²) in [4.78, 5) is 2.73. The van der Waals surface area contributed by atoms with Crippen molar-refractivity contribution in [3.8, 4) is 0 Å². The summed E-state index contributed by atoms with van der Waals surface area (Å²) in [5.74, 6) is 0.968. The zero-order valence-electron chi connectivity index (χ0n) is 11.6. The molecule has 0 radical (unpaired) electrons. The van der Waals surface area contributed by atoms with Crippen LogP contribution in [0.5, 0.6) is 0 Å². The van der Waals surface area contributed by atoms with Crippen LogP contribution in [0, 0.1) is 5.92 Å². The maximum atomic E-state index is 6.59. The zero-order chi connectivity index (χ0) is 12.4. The lowest BCUT2D eigenvalue weighted by Crippen LogP contribution is -2.58. The zero-order valence-corrected chi connectivity index (χ0v) is 11.6. The lowest BCUT2D eigenvalue weighted by atomic mass is 9.77. The number of piperidine rings is 1. The summed E-state index contributed by atoms with van der Waals surface area (Å²) < 4.78 is 5.46. The summed E-state index contributed by atoms with van der Waals surface area (Å²) in [7, 11) is 0. The second kappa shape index (κ2) is 5.48. The Morgan fingerprint density at radius 1 is 1.06 bits per heavy atom. The first-order chi connectivity index (χ1) is 8.77. The lowest BCUT2D eigenvalue weighted by Gasteiger charge is -2.48. The number of nitrogens with two attached hydrogens (primary N) is 1. The molecule has 104 valence electrons. The first kappa shape index (κ1) is 12.9. The van der Waals surface area contributed by atoms with E-state index in [9.17, 15) is 0 Å². The van der Waals surface area contributed by atoms with Gasteiger partial charge in [0.1, 0.15) is 0 Å². The fourth-order valence-electron chi connectivity index (χ4n) is 4.26. The lowest BCUT2D eigenvalue weighted by molar-refractivity contribution is 0.00232. The van der Waals surface area contributed by atoms with Gasteiger partial charge in [-0.2, -0.15) is 0 Å². The van der Waals surface area contributed by atoms with E-state index >= 15 is 0 Å². The normalized spacial score (nSPS) is 37.2. The monoisotopic (exact) mass is 252 g/mol. The van der Waals surface area contributed by atoms with Gasteiger partial charge in [0, 0.05) is 31.3 Å². The average Bonchev–Trinajstić information content (AvgIpc) is 2.40. The van der Waals surface area contributed by atoms with Gasteiger partial charge < -0.3 is 10.5 Å². The van der Waals surface area contributed by atoms with Crippen molar-refractivity contribution in [2.45, 2.75) is 62.9 Å². The second-order valence-electron chi connectivity index (χ2n) is 6.70. The van der Waals surface area contributed by atoms with E-state index in [2.05, 4.69) is 4.90 Å². The van der Waals surface area contributed by atoms with Gasteiger partial charge in [0.25, 0.3) is 0 Å². The highest BCUT2D eigenvalue weighted by Crippen LogP contribution is 2.36. The smallest absolute Gasteiger partial charge is 0.0484 e. The minimum atomic E-state index is 0.0254. The number of hydrogen-bond donors (Lipinski definition) is 1. The van der Waals surface area contributed by atoms with Crippen molar-refractivity contribution in [2.75, 3.05) is 26.3 Å². The maximum Gasteiger partial charge on any atom is 0.0484 e. The Hall–Kier alpha value is -0.120. The molecule has 1 aliphatic carbocycles. The second-order valence-corrected chi connectivity index (χ2v) is 6.70. The Kier molecular flexibility index (Phi) is 3.92. The highest BCUT2D eigenvalue weighted by Gasteiger charge is 2.37. The van der Waals surface area contributed by atoms with Crippen LogP contribution in [0.15, 0.2) is 0 Å². The van der Waals surface area contributed by atoms with Crippen molar-refractivity contribution >= 4 is 0 Å². The fraction of sp³-hybridized carbons (Fsp3) is 1.00. The van der Waals surface area contributed by atoms with E-state index in [1.165, 1.54) is 45.1 Å². The van der Waals surface area contributed by atoms with Gasteiger partial charge in [0.05, 0.1) is 0 Å². The SMILES string of the molecule is NC1(CN2CCCC3CCCCC32)CCOCC1. The van der Waals surface area contributed by atoms with Crippen molar-refractivity contribution in [3.05, 3.63) is 0 Å². The number of rotatable bonds is 2. The van der Waals surface area contributed by atoms with E-state index in [0.717, 1.165) is 44.6 Å². The molecule has 2 heterocycles. The summed E-state index contributed by atoms with van der Waals surface area (Å²) in [5.41, 5.74) is 6.62. The molecule has 2 unspecified atom stereocenters. The van der Waals surface area contributed by atoms with Gasteiger partial charge in [-0.3, -0.25) is 4.90 Å². The molecule has 3 nitrogen and oxygen atoms in total. The Morgan fingerprint density at radius 3 is 2.61 bits per heavy atom. The van der Waals surface area contributed by atoms with Crippen molar-refractivity contribution in [1.82, 2.24) is 4.90 Å². The van der Waals surface area contributed by atoms with Crippen molar-refractivity contribution in [2.24, 2.45) is 11.7 Å². The highest BCUT2D eigenvalue weighted by molar-refractivity contribution is 4.95. The third-order valence-corrected chi connectivity index (χ3v) is 5.36. The number of likely N-dealkylation sites (tertiary alicyclic amines) is 1. The van der Waals surface area contributed by atoms with E-state index in [4.69, 9.17) is 10.5 Å².